The Morgan fingerprint density at radius 2 is 1.78 bits per heavy atom. The largest absolute Gasteiger partial charge is 0.270 e. The molecule has 0 aromatic rings. The van der Waals surface area contributed by atoms with Crippen LogP contribution in [-0.2, 0) is 0 Å². The number of thiol groups is 1. The van der Waals surface area contributed by atoms with Crippen molar-refractivity contribution in [2.45, 2.75) is 37.0 Å². The van der Waals surface area contributed by atoms with Gasteiger partial charge < -0.3 is 0 Å². The smallest absolute Gasteiger partial charge is 0.0742 e. The van der Waals surface area contributed by atoms with E-state index in [1.807, 2.05) is 0 Å². The molecule has 9 heavy (non-hydrogen) atoms. The SMILES string of the molecule is NNC1(S)CCCCC1. The van der Waals surface area contributed by atoms with Crippen molar-refractivity contribution in [3.8, 4) is 0 Å². The Balaban J connectivity index is 2.37. The van der Waals surface area contributed by atoms with E-state index in [0.717, 1.165) is 12.8 Å². The van der Waals surface area contributed by atoms with Gasteiger partial charge in [-0.2, -0.15) is 12.6 Å². The van der Waals surface area contributed by atoms with Gasteiger partial charge in [0.15, 0.2) is 0 Å². The van der Waals surface area contributed by atoms with Crippen LogP contribution in [-0.4, -0.2) is 4.87 Å². The molecule has 1 aliphatic carbocycles. The lowest BCUT2D eigenvalue weighted by Gasteiger charge is -2.31. The first-order valence-corrected chi connectivity index (χ1v) is 3.92. The molecule has 3 heteroatoms. The van der Waals surface area contributed by atoms with Gasteiger partial charge in [0.2, 0.25) is 0 Å². The summed E-state index contributed by atoms with van der Waals surface area (Å²) in [5, 5.41) is 0. The molecule has 0 aromatic carbocycles. The summed E-state index contributed by atoms with van der Waals surface area (Å²) in [6, 6.07) is 0. The van der Waals surface area contributed by atoms with E-state index in [0.29, 0.717) is 0 Å². The molecule has 0 unspecified atom stereocenters. The van der Waals surface area contributed by atoms with Gasteiger partial charge >= 0.3 is 0 Å². The van der Waals surface area contributed by atoms with Gasteiger partial charge in [0.05, 0.1) is 4.87 Å². The first-order chi connectivity index (χ1) is 4.27. The minimum Gasteiger partial charge on any atom is -0.270 e. The van der Waals surface area contributed by atoms with E-state index in [1.165, 1.54) is 19.3 Å². The zero-order valence-electron chi connectivity index (χ0n) is 5.56. The molecule has 54 valence electrons. The van der Waals surface area contributed by atoms with E-state index in [2.05, 4.69) is 18.1 Å². The van der Waals surface area contributed by atoms with E-state index in [1.54, 1.807) is 0 Å². The van der Waals surface area contributed by atoms with Crippen molar-refractivity contribution in [3.05, 3.63) is 0 Å². The Bertz CT molecular complexity index is 89.1. The highest BCUT2D eigenvalue weighted by molar-refractivity contribution is 7.81. The minimum absolute atomic E-state index is 0.0573. The Kier molecular flexibility index (Phi) is 2.38. The molecular formula is C6H14N2S. The lowest BCUT2D eigenvalue weighted by atomic mass is 9.95. The third-order valence-corrected chi connectivity index (χ3v) is 2.53. The molecule has 0 saturated heterocycles. The van der Waals surface area contributed by atoms with Gasteiger partial charge in [0.25, 0.3) is 0 Å². The van der Waals surface area contributed by atoms with Crippen molar-refractivity contribution in [2.24, 2.45) is 5.84 Å². The van der Waals surface area contributed by atoms with Gasteiger partial charge in [-0.05, 0) is 12.8 Å². The normalized spacial score (nSPS) is 26.0. The van der Waals surface area contributed by atoms with Crippen LogP contribution in [0.5, 0.6) is 0 Å². The fraction of sp³-hybridized carbons (Fsp3) is 1.00. The number of nitrogens with one attached hydrogen (secondary N) is 1. The van der Waals surface area contributed by atoms with Crippen molar-refractivity contribution in [3.63, 3.8) is 0 Å². The van der Waals surface area contributed by atoms with Crippen molar-refractivity contribution < 1.29 is 0 Å². The predicted octanol–water partition coefficient (Wildman–Crippen LogP) is 1.04. The van der Waals surface area contributed by atoms with Crippen LogP contribution in [0.2, 0.25) is 0 Å². The van der Waals surface area contributed by atoms with E-state index in [-0.39, 0.29) is 4.87 Å². The number of rotatable bonds is 1. The monoisotopic (exact) mass is 146 g/mol. The molecule has 0 atom stereocenters. The van der Waals surface area contributed by atoms with Gasteiger partial charge in [-0.25, -0.2) is 5.43 Å². The van der Waals surface area contributed by atoms with Gasteiger partial charge in [0, 0.05) is 0 Å². The summed E-state index contributed by atoms with van der Waals surface area (Å²) in [7, 11) is 0. The molecule has 0 heterocycles. The number of hydrogen-bond donors (Lipinski definition) is 3. The van der Waals surface area contributed by atoms with E-state index >= 15 is 0 Å². The summed E-state index contributed by atoms with van der Waals surface area (Å²) in [4.78, 5) is -0.0573. The van der Waals surface area contributed by atoms with Crippen LogP contribution >= 0.6 is 12.6 Å². The molecule has 3 N–H and O–H groups in total. The second-order valence-corrected chi connectivity index (χ2v) is 3.59. The van der Waals surface area contributed by atoms with Crippen LogP contribution in [0.4, 0.5) is 0 Å². The standard InChI is InChI=1S/C6H14N2S/c7-8-6(9)4-2-1-3-5-6/h8-9H,1-5,7H2. The Hall–Kier alpha value is 0.270. The van der Waals surface area contributed by atoms with Gasteiger partial charge in [0.1, 0.15) is 0 Å². The second kappa shape index (κ2) is 2.90. The van der Waals surface area contributed by atoms with Gasteiger partial charge in [-0.3, -0.25) is 5.84 Å². The third kappa shape index (κ3) is 1.85. The van der Waals surface area contributed by atoms with E-state index in [4.69, 9.17) is 5.84 Å². The van der Waals surface area contributed by atoms with Crippen LogP contribution in [0.3, 0.4) is 0 Å². The molecule has 0 bridgehead atoms. The fourth-order valence-corrected chi connectivity index (χ4v) is 1.60. The average Bonchev–Trinajstić information content (AvgIpc) is 1.90. The van der Waals surface area contributed by atoms with Crippen molar-refractivity contribution in [2.75, 3.05) is 0 Å². The van der Waals surface area contributed by atoms with Gasteiger partial charge in [-0.1, -0.05) is 19.3 Å². The molecule has 2 nitrogen and oxygen atoms in total. The fourth-order valence-electron chi connectivity index (χ4n) is 1.28. The summed E-state index contributed by atoms with van der Waals surface area (Å²) < 4.78 is 0. The van der Waals surface area contributed by atoms with Crippen LogP contribution < -0.4 is 11.3 Å². The highest BCUT2D eigenvalue weighted by atomic mass is 32.1. The third-order valence-electron chi connectivity index (χ3n) is 1.95. The lowest BCUT2D eigenvalue weighted by molar-refractivity contribution is 0.345. The molecule has 1 saturated carbocycles. The maximum absolute atomic E-state index is 5.31. The zero-order valence-corrected chi connectivity index (χ0v) is 6.45. The topological polar surface area (TPSA) is 38.0 Å². The summed E-state index contributed by atoms with van der Waals surface area (Å²) in [5.74, 6) is 5.31. The maximum atomic E-state index is 5.31. The maximum Gasteiger partial charge on any atom is 0.0742 e. The molecule has 1 fully saturated rings. The minimum atomic E-state index is -0.0573. The second-order valence-electron chi connectivity index (χ2n) is 2.74. The number of nitrogens with two attached hydrogens (primary N) is 1. The van der Waals surface area contributed by atoms with Crippen molar-refractivity contribution >= 4 is 12.6 Å². The van der Waals surface area contributed by atoms with E-state index < -0.39 is 0 Å². The van der Waals surface area contributed by atoms with Gasteiger partial charge in [-0.15, -0.1) is 0 Å². The molecule has 0 amide bonds. The van der Waals surface area contributed by atoms with Crippen LogP contribution in [0.1, 0.15) is 32.1 Å². The molecule has 0 aliphatic heterocycles. The van der Waals surface area contributed by atoms with Crippen molar-refractivity contribution in [1.29, 1.82) is 0 Å². The molecule has 0 aromatic heterocycles. The Labute approximate surface area is 61.6 Å². The average molecular weight is 146 g/mol. The molecule has 1 aliphatic rings. The van der Waals surface area contributed by atoms with E-state index in [9.17, 15) is 0 Å². The molecule has 1 rings (SSSR count). The Morgan fingerprint density at radius 1 is 1.22 bits per heavy atom. The number of hydrogen-bond acceptors (Lipinski definition) is 3. The van der Waals surface area contributed by atoms with Crippen molar-refractivity contribution in [1.82, 2.24) is 5.43 Å². The molecule has 0 radical (unpaired) electrons. The predicted molar refractivity (Wildman–Crippen MR) is 42.1 cm³/mol. The quantitative estimate of drug-likeness (QED) is 0.224. The summed E-state index contributed by atoms with van der Waals surface area (Å²) in [6.07, 6.45) is 6.06. The number of hydrazine groups is 1. The first-order valence-electron chi connectivity index (χ1n) is 3.47. The van der Waals surface area contributed by atoms with Crippen LogP contribution in [0, 0.1) is 0 Å². The highest BCUT2D eigenvalue weighted by Crippen LogP contribution is 2.29. The highest BCUT2D eigenvalue weighted by Gasteiger charge is 2.25. The summed E-state index contributed by atoms with van der Waals surface area (Å²) >= 11 is 4.41. The van der Waals surface area contributed by atoms with Crippen LogP contribution in [0.15, 0.2) is 0 Å². The Morgan fingerprint density at radius 3 is 2.11 bits per heavy atom. The van der Waals surface area contributed by atoms with Crippen LogP contribution in [0.25, 0.3) is 0 Å². The zero-order chi connectivity index (χ0) is 6.74. The summed E-state index contributed by atoms with van der Waals surface area (Å²) in [6.45, 7) is 0. The molecular weight excluding hydrogens is 132 g/mol. The lowest BCUT2D eigenvalue weighted by Crippen LogP contribution is -2.45. The molecule has 0 spiro atoms. The first kappa shape index (κ1) is 7.38. The summed E-state index contributed by atoms with van der Waals surface area (Å²) in [5.41, 5.74) is 2.74.